The van der Waals surface area contributed by atoms with E-state index in [1.165, 1.54) is 0 Å². The molecule has 0 aliphatic heterocycles. The van der Waals surface area contributed by atoms with Crippen LogP contribution in [-0.4, -0.2) is 18.1 Å². The predicted octanol–water partition coefficient (Wildman–Crippen LogP) is 3.15. The van der Waals surface area contributed by atoms with Gasteiger partial charge >= 0.3 is 12.4 Å². The molecule has 17 heavy (non-hydrogen) atoms. The quantitative estimate of drug-likeness (QED) is 0.263. The van der Waals surface area contributed by atoms with Gasteiger partial charge in [0.1, 0.15) is 0 Å². The molecular formula is C8H7F6FeO2-. The van der Waals surface area contributed by atoms with E-state index in [2.05, 4.69) is 4.74 Å². The van der Waals surface area contributed by atoms with E-state index in [1.807, 2.05) is 0 Å². The molecule has 0 N–H and O–H groups in total. The summed E-state index contributed by atoms with van der Waals surface area (Å²) >= 11 is 0. The number of carbonyl (C=O) groups excluding carboxylic acids is 1. The Kier molecular flexibility index (Phi) is 6.92. The normalized spacial score (nSPS) is 13.4. The Labute approximate surface area is 103 Å². The van der Waals surface area contributed by atoms with Gasteiger partial charge in [0.2, 0.25) is 0 Å². The number of carbonyl (C=O) groups is 1. The van der Waals surface area contributed by atoms with Crippen molar-refractivity contribution < 1.29 is 52.9 Å². The first-order chi connectivity index (χ1) is 6.94. The van der Waals surface area contributed by atoms with Crippen molar-refractivity contribution in [1.29, 1.82) is 0 Å². The molecule has 0 saturated heterocycles. The van der Waals surface area contributed by atoms with E-state index in [1.54, 1.807) is 0 Å². The first kappa shape index (κ1) is 18.7. The number of hydrogen-bond donors (Lipinski definition) is 0. The molecule has 0 atom stereocenters. The minimum absolute atomic E-state index is 0. The van der Waals surface area contributed by atoms with E-state index in [0.717, 1.165) is 13.8 Å². The van der Waals surface area contributed by atoms with Gasteiger partial charge in [0, 0.05) is 23.1 Å². The summed E-state index contributed by atoms with van der Waals surface area (Å²) in [6.07, 6.45) is -11.4. The molecule has 0 aliphatic rings. The Bertz CT molecular complexity index is 291. The van der Waals surface area contributed by atoms with Crippen molar-refractivity contribution in [2.45, 2.75) is 26.2 Å². The Hall–Kier alpha value is -0.691. The van der Waals surface area contributed by atoms with Gasteiger partial charge in [-0.05, 0) is 0 Å². The second kappa shape index (κ2) is 6.30. The smallest absolute Gasteiger partial charge is 0.454 e. The molecule has 2 nitrogen and oxygen atoms in total. The molecule has 0 fully saturated rings. The van der Waals surface area contributed by atoms with Crippen molar-refractivity contribution in [3.8, 4) is 0 Å². The van der Waals surface area contributed by atoms with Crippen LogP contribution in [0.3, 0.4) is 0 Å². The second-order valence-electron chi connectivity index (χ2n) is 2.88. The molecule has 0 bridgehead atoms. The summed E-state index contributed by atoms with van der Waals surface area (Å²) in [4.78, 5) is 10.3. The minimum Gasteiger partial charge on any atom is -0.656 e. The van der Waals surface area contributed by atoms with Gasteiger partial charge in [-0.1, -0.05) is 0 Å². The summed E-state index contributed by atoms with van der Waals surface area (Å²) in [6.45, 7) is 2.22. The monoisotopic (exact) mass is 305 g/mol. The van der Waals surface area contributed by atoms with Gasteiger partial charge in [-0.15, -0.1) is 0 Å². The summed E-state index contributed by atoms with van der Waals surface area (Å²) in [5, 5.41) is 0. The number of allylic oxidation sites excluding steroid dienone is 2. The maximum absolute atomic E-state index is 12.1. The van der Waals surface area contributed by atoms with Crippen LogP contribution < -0.4 is 0 Å². The van der Waals surface area contributed by atoms with Crippen molar-refractivity contribution in [3.05, 3.63) is 17.9 Å². The van der Waals surface area contributed by atoms with E-state index in [9.17, 15) is 31.1 Å². The second-order valence-corrected chi connectivity index (χ2v) is 2.88. The predicted molar refractivity (Wildman–Crippen MR) is 40.9 cm³/mol. The van der Waals surface area contributed by atoms with Crippen molar-refractivity contribution in [2.24, 2.45) is 0 Å². The van der Waals surface area contributed by atoms with Crippen LogP contribution in [-0.2, 0) is 26.6 Å². The van der Waals surface area contributed by atoms with E-state index >= 15 is 0 Å². The van der Waals surface area contributed by atoms with Crippen LogP contribution in [0.5, 0.6) is 0 Å². The van der Waals surface area contributed by atoms with Crippen LogP contribution >= 0.6 is 0 Å². The number of rotatable bonds is 3. The summed E-state index contributed by atoms with van der Waals surface area (Å²) in [5.41, 5.74) is 0. The van der Waals surface area contributed by atoms with E-state index < -0.39 is 30.0 Å². The molecule has 0 amide bonds. The standard InChI is InChI=1S/C8H7F6O2.Fe/c1-4(2)16-6(8(12,13)14)3-5(15)7(9,10)11;/h3H,1-2H3;/q-1;/b6-3-;. The van der Waals surface area contributed by atoms with Crippen LogP contribution in [0, 0.1) is 6.10 Å². The summed E-state index contributed by atoms with van der Waals surface area (Å²) in [7, 11) is 0. The summed E-state index contributed by atoms with van der Waals surface area (Å²) < 4.78 is 75.5. The third-order valence-electron chi connectivity index (χ3n) is 1.14. The van der Waals surface area contributed by atoms with Crippen LogP contribution in [0.4, 0.5) is 26.3 Å². The average molecular weight is 305 g/mol. The first-order valence-electron chi connectivity index (χ1n) is 3.82. The Morgan fingerprint density at radius 2 is 1.47 bits per heavy atom. The van der Waals surface area contributed by atoms with Gasteiger partial charge in [0.15, 0.2) is 5.76 Å². The topological polar surface area (TPSA) is 26.3 Å². The molecule has 0 heterocycles. The molecule has 0 aromatic heterocycles. The fraction of sp³-hybridized carbons (Fsp3) is 0.500. The van der Waals surface area contributed by atoms with Gasteiger partial charge in [-0.3, -0.25) is 4.79 Å². The van der Waals surface area contributed by atoms with Crippen LogP contribution in [0.25, 0.3) is 0 Å². The average Bonchev–Trinajstić information content (AvgIpc) is 1.98. The van der Waals surface area contributed by atoms with Crippen molar-refractivity contribution in [1.82, 2.24) is 0 Å². The molecule has 0 aromatic rings. The van der Waals surface area contributed by atoms with Gasteiger partial charge in [-0.25, -0.2) is 0 Å². The summed E-state index contributed by atoms with van der Waals surface area (Å²) in [5.74, 6) is -4.61. The Morgan fingerprint density at radius 1 is 1.06 bits per heavy atom. The van der Waals surface area contributed by atoms with Crippen LogP contribution in [0.1, 0.15) is 13.8 Å². The van der Waals surface area contributed by atoms with Gasteiger partial charge in [0.05, 0.1) is 0 Å². The zero-order valence-electron chi connectivity index (χ0n) is 8.52. The van der Waals surface area contributed by atoms with Crippen LogP contribution in [0.2, 0.25) is 0 Å². The van der Waals surface area contributed by atoms with Crippen LogP contribution in [0.15, 0.2) is 11.8 Å². The molecule has 9 heteroatoms. The van der Waals surface area contributed by atoms with Crippen molar-refractivity contribution >= 4 is 5.78 Å². The largest absolute Gasteiger partial charge is 0.656 e. The summed E-state index contributed by atoms with van der Waals surface area (Å²) in [6, 6.07) is 0. The molecule has 0 aromatic carbocycles. The molecule has 0 unspecified atom stereocenters. The molecule has 0 radical (unpaired) electrons. The molecule has 0 spiro atoms. The SMILES string of the molecule is C[C-](C)O/C(=C\C(=O)C(F)(F)F)C(F)(F)F.[Fe]. The van der Waals surface area contributed by atoms with Gasteiger partial charge in [-0.2, -0.15) is 46.3 Å². The number of hydrogen-bond acceptors (Lipinski definition) is 2. The van der Waals surface area contributed by atoms with E-state index in [0.29, 0.717) is 0 Å². The molecule has 102 valence electrons. The van der Waals surface area contributed by atoms with E-state index in [4.69, 9.17) is 0 Å². The number of halogens is 6. The van der Waals surface area contributed by atoms with Gasteiger partial charge < -0.3 is 4.74 Å². The minimum atomic E-state index is -5.36. The zero-order valence-corrected chi connectivity index (χ0v) is 9.62. The van der Waals surface area contributed by atoms with Gasteiger partial charge in [0.25, 0.3) is 5.78 Å². The first-order valence-corrected chi connectivity index (χ1v) is 3.82. The number of alkyl halides is 6. The fourth-order valence-electron chi connectivity index (χ4n) is 0.590. The number of ketones is 1. The van der Waals surface area contributed by atoms with Crippen molar-refractivity contribution in [3.63, 3.8) is 0 Å². The maximum Gasteiger partial charge on any atom is 0.454 e. The fourth-order valence-corrected chi connectivity index (χ4v) is 0.590. The zero-order chi connectivity index (χ0) is 13.1. The van der Waals surface area contributed by atoms with Crippen molar-refractivity contribution in [2.75, 3.05) is 0 Å². The Morgan fingerprint density at radius 3 is 1.71 bits per heavy atom. The molecule has 0 rings (SSSR count). The van der Waals surface area contributed by atoms with E-state index in [-0.39, 0.29) is 23.2 Å². The molecule has 0 saturated carbocycles. The maximum atomic E-state index is 12.1. The Balaban J connectivity index is 0. The number of ether oxygens (including phenoxy) is 1. The third-order valence-corrected chi connectivity index (χ3v) is 1.14. The molecular weight excluding hydrogens is 298 g/mol. The molecule has 0 aliphatic carbocycles. The third kappa shape index (κ3) is 7.27.